The fourth-order valence-electron chi connectivity index (χ4n) is 1.35. The Balaban J connectivity index is 2.99. The summed E-state index contributed by atoms with van der Waals surface area (Å²) in [5, 5.41) is 4.74. The molecule has 0 aliphatic carbocycles. The predicted molar refractivity (Wildman–Crippen MR) is 71.1 cm³/mol. The van der Waals surface area contributed by atoms with Crippen LogP contribution in [0.25, 0.3) is 0 Å². The Morgan fingerprint density at radius 3 is 2.26 bits per heavy atom. The number of carbonyl (C=O) groups excluding carboxylic acids is 1. The molecule has 0 radical (unpaired) electrons. The molecule has 3 nitrogen and oxygen atoms in total. The van der Waals surface area contributed by atoms with Crippen LogP contribution in [0.15, 0.2) is 22.7 Å². The molecule has 0 saturated carbocycles. The van der Waals surface area contributed by atoms with Gasteiger partial charge in [-0.2, -0.15) is 13.2 Å². The molecule has 1 aromatic rings. The molecule has 0 aromatic heterocycles. The topological polar surface area (TPSA) is 41.1 Å². The highest BCUT2D eigenvalue weighted by Crippen LogP contribution is 2.36. The van der Waals surface area contributed by atoms with Crippen molar-refractivity contribution >= 4 is 27.6 Å². The number of rotatable bonds is 1. The van der Waals surface area contributed by atoms with Gasteiger partial charge < -0.3 is 10.6 Å². The van der Waals surface area contributed by atoms with Crippen LogP contribution in [0.5, 0.6) is 0 Å². The molecule has 1 aromatic carbocycles. The third-order valence-corrected chi connectivity index (χ3v) is 2.52. The molecular weight excluding hydrogens is 325 g/mol. The molecule has 106 valence electrons. The number of halogens is 4. The average Bonchev–Trinajstić information content (AvgIpc) is 2.16. The van der Waals surface area contributed by atoms with E-state index in [4.69, 9.17) is 0 Å². The van der Waals surface area contributed by atoms with Crippen LogP contribution >= 0.6 is 15.9 Å². The molecular formula is C12H14BrF3N2O. The molecule has 0 atom stereocenters. The van der Waals surface area contributed by atoms with E-state index in [1.807, 2.05) is 0 Å². The number of alkyl halides is 3. The zero-order valence-electron chi connectivity index (χ0n) is 10.7. The van der Waals surface area contributed by atoms with Gasteiger partial charge in [-0.1, -0.05) is 15.9 Å². The van der Waals surface area contributed by atoms with Crippen molar-refractivity contribution < 1.29 is 18.0 Å². The lowest BCUT2D eigenvalue weighted by atomic mass is 10.1. The number of anilines is 1. The second kappa shape index (κ2) is 5.40. The van der Waals surface area contributed by atoms with Gasteiger partial charge in [0, 0.05) is 10.0 Å². The van der Waals surface area contributed by atoms with E-state index in [9.17, 15) is 18.0 Å². The predicted octanol–water partition coefficient (Wildman–Crippen LogP) is 4.39. The first-order chi connectivity index (χ1) is 8.49. The maximum atomic E-state index is 12.8. The van der Waals surface area contributed by atoms with Gasteiger partial charge in [0.15, 0.2) is 0 Å². The third-order valence-electron chi connectivity index (χ3n) is 2.02. The van der Waals surface area contributed by atoms with Crippen LogP contribution in [0.4, 0.5) is 23.7 Å². The lowest BCUT2D eigenvalue weighted by Crippen LogP contribution is -2.43. The summed E-state index contributed by atoms with van der Waals surface area (Å²) in [6.07, 6.45) is -4.53. The fraction of sp³-hybridized carbons (Fsp3) is 0.417. The quantitative estimate of drug-likeness (QED) is 0.783. The van der Waals surface area contributed by atoms with Crippen LogP contribution in [0, 0.1) is 0 Å². The van der Waals surface area contributed by atoms with E-state index in [0.717, 1.165) is 6.07 Å². The summed E-state index contributed by atoms with van der Waals surface area (Å²) in [4.78, 5) is 11.6. The molecule has 0 fully saturated rings. The second-order valence-electron chi connectivity index (χ2n) is 5.02. The number of hydrogen-bond acceptors (Lipinski definition) is 1. The van der Waals surface area contributed by atoms with Gasteiger partial charge in [0.2, 0.25) is 0 Å². The van der Waals surface area contributed by atoms with Crippen LogP contribution in [-0.4, -0.2) is 11.6 Å². The highest BCUT2D eigenvalue weighted by molar-refractivity contribution is 9.10. The molecule has 7 heteroatoms. The summed E-state index contributed by atoms with van der Waals surface area (Å²) in [6, 6.07) is 2.88. The number of urea groups is 1. The molecule has 19 heavy (non-hydrogen) atoms. The SMILES string of the molecule is CC(C)(C)NC(=O)Nc1ccc(Br)cc1C(F)(F)F. The van der Waals surface area contributed by atoms with Crippen molar-refractivity contribution in [1.29, 1.82) is 0 Å². The Kier molecular flexibility index (Phi) is 4.50. The molecule has 2 N–H and O–H groups in total. The summed E-state index contributed by atoms with van der Waals surface area (Å²) in [5.74, 6) is 0. The Hall–Kier alpha value is -1.24. The maximum Gasteiger partial charge on any atom is 0.418 e. The molecule has 0 aliphatic rings. The normalized spacial score (nSPS) is 12.2. The molecule has 2 amide bonds. The highest BCUT2D eigenvalue weighted by atomic mass is 79.9. The third kappa shape index (κ3) is 5.10. The van der Waals surface area contributed by atoms with Crippen molar-refractivity contribution in [3.8, 4) is 0 Å². The minimum atomic E-state index is -4.53. The molecule has 0 spiro atoms. The van der Waals surface area contributed by atoms with Crippen molar-refractivity contribution in [1.82, 2.24) is 5.32 Å². The fourth-order valence-corrected chi connectivity index (χ4v) is 1.72. The standard InChI is InChI=1S/C12H14BrF3N2O/c1-11(2,3)18-10(19)17-9-5-4-7(13)6-8(9)12(14,15)16/h4-6H,1-3H3,(H2,17,18,19). The van der Waals surface area contributed by atoms with Gasteiger partial charge in [0.25, 0.3) is 0 Å². The van der Waals surface area contributed by atoms with Crippen molar-refractivity contribution in [3.05, 3.63) is 28.2 Å². The van der Waals surface area contributed by atoms with Gasteiger partial charge in [-0.3, -0.25) is 0 Å². The van der Waals surface area contributed by atoms with E-state index >= 15 is 0 Å². The molecule has 1 rings (SSSR count). The Morgan fingerprint density at radius 1 is 1.21 bits per heavy atom. The van der Waals surface area contributed by atoms with E-state index in [0.29, 0.717) is 4.47 Å². The zero-order valence-corrected chi connectivity index (χ0v) is 12.2. The minimum Gasteiger partial charge on any atom is -0.333 e. The monoisotopic (exact) mass is 338 g/mol. The molecule has 0 heterocycles. The smallest absolute Gasteiger partial charge is 0.333 e. The van der Waals surface area contributed by atoms with E-state index in [1.54, 1.807) is 20.8 Å². The number of benzene rings is 1. The first-order valence-corrected chi connectivity index (χ1v) is 6.24. The summed E-state index contributed by atoms with van der Waals surface area (Å²) < 4.78 is 38.8. The van der Waals surface area contributed by atoms with Gasteiger partial charge in [-0.15, -0.1) is 0 Å². The van der Waals surface area contributed by atoms with Crippen molar-refractivity contribution in [2.75, 3.05) is 5.32 Å². The Morgan fingerprint density at radius 2 is 1.79 bits per heavy atom. The van der Waals surface area contributed by atoms with Crippen molar-refractivity contribution in [2.45, 2.75) is 32.5 Å². The highest BCUT2D eigenvalue weighted by Gasteiger charge is 2.34. The zero-order chi connectivity index (χ0) is 14.8. The minimum absolute atomic E-state index is 0.280. The first kappa shape index (κ1) is 15.8. The summed E-state index contributed by atoms with van der Waals surface area (Å²) in [7, 11) is 0. The number of hydrogen-bond donors (Lipinski definition) is 2. The lowest BCUT2D eigenvalue weighted by molar-refractivity contribution is -0.136. The van der Waals surface area contributed by atoms with Gasteiger partial charge >= 0.3 is 12.2 Å². The van der Waals surface area contributed by atoms with Crippen LogP contribution < -0.4 is 10.6 Å². The van der Waals surface area contributed by atoms with Crippen LogP contribution in [-0.2, 0) is 6.18 Å². The summed E-state index contributed by atoms with van der Waals surface area (Å²) in [5.41, 5.74) is -1.71. The lowest BCUT2D eigenvalue weighted by Gasteiger charge is -2.22. The Labute approximate surface area is 117 Å². The number of amides is 2. The van der Waals surface area contributed by atoms with E-state index < -0.39 is 23.3 Å². The van der Waals surface area contributed by atoms with E-state index in [1.165, 1.54) is 12.1 Å². The van der Waals surface area contributed by atoms with Gasteiger partial charge in [0.05, 0.1) is 11.3 Å². The molecule has 0 bridgehead atoms. The van der Waals surface area contributed by atoms with Crippen LogP contribution in [0.1, 0.15) is 26.3 Å². The van der Waals surface area contributed by atoms with Crippen LogP contribution in [0.3, 0.4) is 0 Å². The maximum absolute atomic E-state index is 12.8. The van der Waals surface area contributed by atoms with Crippen LogP contribution in [0.2, 0.25) is 0 Å². The number of carbonyl (C=O) groups is 1. The summed E-state index contributed by atoms with van der Waals surface area (Å²) in [6.45, 7) is 5.20. The van der Waals surface area contributed by atoms with Crippen molar-refractivity contribution in [2.24, 2.45) is 0 Å². The Bertz CT molecular complexity index is 481. The van der Waals surface area contributed by atoms with E-state index in [-0.39, 0.29) is 5.69 Å². The summed E-state index contributed by atoms with van der Waals surface area (Å²) >= 11 is 2.98. The van der Waals surface area contributed by atoms with Gasteiger partial charge in [-0.05, 0) is 39.0 Å². The molecule has 0 aliphatic heterocycles. The van der Waals surface area contributed by atoms with Gasteiger partial charge in [-0.25, -0.2) is 4.79 Å². The number of nitrogens with one attached hydrogen (secondary N) is 2. The largest absolute Gasteiger partial charge is 0.418 e. The first-order valence-electron chi connectivity index (χ1n) is 5.45. The van der Waals surface area contributed by atoms with E-state index in [2.05, 4.69) is 26.6 Å². The second-order valence-corrected chi connectivity index (χ2v) is 5.93. The van der Waals surface area contributed by atoms with Gasteiger partial charge in [0.1, 0.15) is 0 Å². The molecule has 0 saturated heterocycles. The van der Waals surface area contributed by atoms with Crippen molar-refractivity contribution in [3.63, 3.8) is 0 Å². The molecule has 0 unspecified atom stereocenters. The average molecular weight is 339 g/mol.